The molecule has 4 heteroatoms. The lowest BCUT2D eigenvalue weighted by Crippen LogP contribution is -2.44. The highest BCUT2D eigenvalue weighted by atomic mass is 19.1. The second kappa shape index (κ2) is 6.44. The van der Waals surface area contributed by atoms with Crippen molar-refractivity contribution < 1.29 is 10.2 Å². The van der Waals surface area contributed by atoms with Crippen LogP contribution in [0.25, 0.3) is 0 Å². The van der Waals surface area contributed by atoms with Gasteiger partial charge in [0.2, 0.25) is 0 Å². The zero-order valence-electron chi connectivity index (χ0n) is 11.6. The molecule has 1 heterocycles. The van der Waals surface area contributed by atoms with Gasteiger partial charge in [-0.1, -0.05) is 19.9 Å². The summed E-state index contributed by atoms with van der Waals surface area (Å²) in [6.07, 6.45) is 1.80. The van der Waals surface area contributed by atoms with Crippen molar-refractivity contribution >= 4 is 0 Å². The summed E-state index contributed by atoms with van der Waals surface area (Å²) in [6.45, 7) is 6.69. The third-order valence-electron chi connectivity index (χ3n) is 3.95. The molecule has 0 aromatic heterocycles. The zero-order valence-corrected chi connectivity index (χ0v) is 11.6. The molecule has 2 rings (SSSR count). The van der Waals surface area contributed by atoms with E-state index in [2.05, 4.69) is 17.1 Å². The Morgan fingerprint density at radius 3 is 2.58 bits per heavy atom. The van der Waals surface area contributed by atoms with Gasteiger partial charge in [-0.3, -0.25) is 4.90 Å². The number of likely N-dealkylation sites (tertiary alicyclic amines) is 1. The van der Waals surface area contributed by atoms with Gasteiger partial charge in [-0.15, -0.1) is 0 Å². The first kappa shape index (κ1) is 14.4. The molecule has 1 aromatic rings. The highest BCUT2D eigenvalue weighted by Crippen LogP contribution is 2.33. The van der Waals surface area contributed by atoms with Crippen molar-refractivity contribution in [2.45, 2.75) is 38.8 Å². The number of rotatable bonds is 4. The molecular weight excluding hydrogens is 246 g/mol. The molecule has 0 bridgehead atoms. The van der Waals surface area contributed by atoms with Gasteiger partial charge in [-0.25, -0.2) is 8.78 Å². The molecule has 0 unspecified atom stereocenters. The Labute approximate surface area is 115 Å². The maximum absolute atomic E-state index is 14.0. The van der Waals surface area contributed by atoms with E-state index in [0.717, 1.165) is 32.5 Å². The topological polar surface area (TPSA) is 15.3 Å². The molecule has 1 aliphatic rings. The van der Waals surface area contributed by atoms with Crippen LogP contribution >= 0.6 is 0 Å². The lowest BCUT2D eigenvalue weighted by molar-refractivity contribution is 0.126. The maximum Gasteiger partial charge on any atom is 0.130 e. The Morgan fingerprint density at radius 2 is 2.00 bits per heavy atom. The highest BCUT2D eigenvalue weighted by Gasteiger charge is 2.31. The smallest absolute Gasteiger partial charge is 0.130 e. The summed E-state index contributed by atoms with van der Waals surface area (Å²) >= 11 is 0. The maximum atomic E-state index is 14.0. The highest BCUT2D eigenvalue weighted by molar-refractivity contribution is 5.24. The number of hydrogen-bond donors (Lipinski definition) is 1. The minimum absolute atomic E-state index is 0. The van der Waals surface area contributed by atoms with Gasteiger partial charge in [0.1, 0.15) is 11.6 Å². The van der Waals surface area contributed by atoms with E-state index >= 15 is 0 Å². The van der Waals surface area contributed by atoms with Gasteiger partial charge in [0.15, 0.2) is 0 Å². The third-order valence-corrected chi connectivity index (χ3v) is 3.95. The molecule has 0 aliphatic carbocycles. The van der Waals surface area contributed by atoms with Gasteiger partial charge >= 0.3 is 0 Å². The van der Waals surface area contributed by atoms with E-state index in [1.54, 1.807) is 0 Å². The quantitative estimate of drug-likeness (QED) is 0.902. The minimum atomic E-state index is -0.430. The molecule has 0 saturated carbocycles. The lowest BCUT2D eigenvalue weighted by atomic mass is 9.91. The van der Waals surface area contributed by atoms with Crippen LogP contribution in [0.15, 0.2) is 18.2 Å². The summed E-state index contributed by atoms with van der Waals surface area (Å²) in [5, 5.41) is 3.40. The van der Waals surface area contributed by atoms with Crippen LogP contribution < -0.4 is 5.32 Å². The molecule has 1 aromatic carbocycles. The largest absolute Gasteiger partial charge is 0.314 e. The molecule has 19 heavy (non-hydrogen) atoms. The first-order valence-corrected chi connectivity index (χ1v) is 7.08. The van der Waals surface area contributed by atoms with Crippen molar-refractivity contribution in [2.75, 3.05) is 19.6 Å². The Balaban J connectivity index is 0.00000200. The number of hydrogen-bond acceptors (Lipinski definition) is 2. The fraction of sp³-hybridized carbons (Fsp3) is 0.600. The van der Waals surface area contributed by atoms with Crippen LogP contribution in [0.3, 0.4) is 0 Å². The van der Waals surface area contributed by atoms with Crippen LogP contribution in [-0.4, -0.2) is 30.6 Å². The van der Waals surface area contributed by atoms with Gasteiger partial charge in [0.05, 0.1) is 0 Å². The van der Waals surface area contributed by atoms with Gasteiger partial charge in [-0.2, -0.15) is 0 Å². The Kier molecular flexibility index (Phi) is 4.88. The van der Waals surface area contributed by atoms with Crippen LogP contribution in [0.1, 0.15) is 39.7 Å². The molecule has 1 N–H and O–H groups in total. The number of piperidine rings is 1. The normalized spacial score (nSPS) is 24.6. The van der Waals surface area contributed by atoms with Crippen molar-refractivity contribution in [3.05, 3.63) is 35.4 Å². The Hall–Kier alpha value is -1.00. The number of halogens is 2. The average molecular weight is 270 g/mol. The van der Waals surface area contributed by atoms with Crippen molar-refractivity contribution in [3.8, 4) is 0 Å². The van der Waals surface area contributed by atoms with Crippen LogP contribution in [-0.2, 0) is 0 Å². The summed E-state index contributed by atoms with van der Waals surface area (Å²) in [7, 11) is 0. The predicted octanol–water partition coefficient (Wildman–Crippen LogP) is 3.35. The van der Waals surface area contributed by atoms with Crippen LogP contribution in [0.4, 0.5) is 8.78 Å². The molecule has 2 nitrogen and oxygen atoms in total. The van der Waals surface area contributed by atoms with E-state index < -0.39 is 11.6 Å². The number of benzene rings is 1. The monoisotopic (exact) mass is 270 g/mol. The van der Waals surface area contributed by atoms with Gasteiger partial charge in [0.25, 0.3) is 0 Å². The molecule has 0 amide bonds. The molecule has 108 valence electrons. The second-order valence-electron chi connectivity index (χ2n) is 5.06. The minimum Gasteiger partial charge on any atom is -0.314 e. The van der Waals surface area contributed by atoms with Gasteiger partial charge in [-0.05, 0) is 38.1 Å². The SMILES string of the molecule is CCN[C@@H]1CCN(CC)[C@H](c2c(F)cccc2F)C1.[HH]. The molecule has 2 atom stereocenters. The number of nitrogens with one attached hydrogen (secondary N) is 1. The molecule has 1 saturated heterocycles. The summed E-state index contributed by atoms with van der Waals surface area (Å²) in [5.74, 6) is -0.860. The fourth-order valence-corrected chi connectivity index (χ4v) is 3.00. The van der Waals surface area contributed by atoms with Gasteiger partial charge in [0, 0.05) is 25.6 Å². The molecule has 0 radical (unpaired) electrons. The van der Waals surface area contributed by atoms with Crippen molar-refractivity contribution in [1.29, 1.82) is 0 Å². The van der Waals surface area contributed by atoms with E-state index in [4.69, 9.17) is 0 Å². The summed E-state index contributed by atoms with van der Waals surface area (Å²) in [4.78, 5) is 2.16. The van der Waals surface area contributed by atoms with E-state index in [-0.39, 0.29) is 13.0 Å². The summed E-state index contributed by atoms with van der Waals surface area (Å²) in [5.41, 5.74) is 0.229. The molecular formula is C15H24F2N2. The second-order valence-corrected chi connectivity index (χ2v) is 5.06. The molecule has 0 spiro atoms. The van der Waals surface area contributed by atoms with Crippen molar-refractivity contribution in [2.24, 2.45) is 0 Å². The standard InChI is InChI=1S/C15H22F2N2.H2/c1-3-18-11-8-9-19(4-2)14(10-11)15-12(16)6-5-7-13(15)17;/h5-7,11,14,18H,3-4,8-10H2,1-2H3;1H/t11-,14+;/m1./s1. The first-order chi connectivity index (χ1) is 9.17. The first-order valence-electron chi connectivity index (χ1n) is 7.08. The Bertz CT molecular complexity index is 408. The Morgan fingerprint density at radius 1 is 1.32 bits per heavy atom. The molecule has 1 aliphatic heterocycles. The molecule has 1 fully saturated rings. The summed E-state index contributed by atoms with van der Waals surface area (Å²) < 4.78 is 27.9. The van der Waals surface area contributed by atoms with Crippen LogP contribution in [0, 0.1) is 11.6 Å². The van der Waals surface area contributed by atoms with Crippen molar-refractivity contribution in [1.82, 2.24) is 10.2 Å². The predicted molar refractivity (Wildman–Crippen MR) is 75.2 cm³/mol. The van der Waals surface area contributed by atoms with E-state index in [1.807, 2.05) is 6.92 Å². The third kappa shape index (κ3) is 3.12. The zero-order chi connectivity index (χ0) is 13.8. The van der Waals surface area contributed by atoms with Crippen LogP contribution in [0.5, 0.6) is 0 Å². The summed E-state index contributed by atoms with van der Waals surface area (Å²) in [6, 6.07) is 4.31. The van der Waals surface area contributed by atoms with Crippen LogP contribution in [0.2, 0.25) is 0 Å². The fourth-order valence-electron chi connectivity index (χ4n) is 3.00. The lowest BCUT2D eigenvalue weighted by Gasteiger charge is -2.39. The van der Waals surface area contributed by atoms with E-state index in [0.29, 0.717) is 6.04 Å². The average Bonchev–Trinajstić information content (AvgIpc) is 2.39. The van der Waals surface area contributed by atoms with Crippen molar-refractivity contribution in [3.63, 3.8) is 0 Å². The van der Waals surface area contributed by atoms with E-state index in [9.17, 15) is 8.78 Å². The van der Waals surface area contributed by atoms with E-state index in [1.165, 1.54) is 18.2 Å². The van der Waals surface area contributed by atoms with Gasteiger partial charge < -0.3 is 5.32 Å². The number of nitrogens with zero attached hydrogens (tertiary/aromatic N) is 1.